The van der Waals surface area contributed by atoms with E-state index in [9.17, 15) is 0 Å². The molecule has 0 amide bonds. The first kappa shape index (κ1) is 14.2. The van der Waals surface area contributed by atoms with E-state index in [4.69, 9.17) is 15.2 Å². The third kappa shape index (κ3) is 3.12. The number of ether oxygens (including phenoxy) is 2. The van der Waals surface area contributed by atoms with Gasteiger partial charge in [0.25, 0.3) is 0 Å². The summed E-state index contributed by atoms with van der Waals surface area (Å²) in [5.41, 5.74) is 6.91. The van der Waals surface area contributed by atoms with Crippen LogP contribution >= 0.6 is 0 Å². The molecular weight excluding hydrogens is 284 g/mol. The lowest BCUT2D eigenvalue weighted by Gasteiger charge is -2.27. The molecule has 0 bridgehead atoms. The second-order valence-electron chi connectivity index (χ2n) is 4.61. The van der Waals surface area contributed by atoms with Gasteiger partial charge in [0.1, 0.15) is 0 Å². The van der Waals surface area contributed by atoms with Crippen molar-refractivity contribution >= 4 is 11.9 Å². The molecule has 0 atom stereocenters. The van der Waals surface area contributed by atoms with Crippen molar-refractivity contribution in [2.75, 3.05) is 36.9 Å². The fourth-order valence-electron chi connectivity index (χ4n) is 2.08. The molecule has 22 heavy (non-hydrogen) atoms. The van der Waals surface area contributed by atoms with Crippen molar-refractivity contribution in [2.24, 2.45) is 0 Å². The molecule has 8 heteroatoms. The molecular formula is C14H16N6O2. The topological polar surface area (TPSA) is 99.3 Å². The van der Waals surface area contributed by atoms with Gasteiger partial charge in [-0.25, -0.2) is 15.0 Å². The van der Waals surface area contributed by atoms with Crippen molar-refractivity contribution in [2.45, 2.75) is 0 Å². The molecule has 0 spiro atoms. The minimum atomic E-state index is 0.216. The van der Waals surface area contributed by atoms with E-state index in [2.05, 4.69) is 26.5 Å². The molecule has 114 valence electrons. The van der Waals surface area contributed by atoms with Gasteiger partial charge < -0.3 is 20.1 Å². The summed E-state index contributed by atoms with van der Waals surface area (Å²) in [6.07, 6.45) is 4.56. The summed E-state index contributed by atoms with van der Waals surface area (Å²) >= 11 is 0. The van der Waals surface area contributed by atoms with Crippen LogP contribution in [0.4, 0.5) is 11.9 Å². The number of hydrogen-bond acceptors (Lipinski definition) is 8. The predicted octanol–water partition coefficient (Wildman–Crippen LogP) is 0.875. The Morgan fingerprint density at radius 2 is 1.95 bits per heavy atom. The molecule has 0 aromatic carbocycles. The van der Waals surface area contributed by atoms with Gasteiger partial charge in [-0.15, -0.1) is 0 Å². The molecule has 2 aromatic rings. The minimum Gasteiger partial charge on any atom is -0.447 e. The average molecular weight is 300 g/mol. The zero-order valence-corrected chi connectivity index (χ0v) is 12.0. The van der Waals surface area contributed by atoms with Gasteiger partial charge in [0, 0.05) is 37.1 Å². The fourth-order valence-corrected chi connectivity index (χ4v) is 2.08. The lowest BCUT2D eigenvalue weighted by atomic mass is 10.2. The second-order valence-corrected chi connectivity index (χ2v) is 4.61. The van der Waals surface area contributed by atoms with Crippen molar-refractivity contribution < 1.29 is 9.47 Å². The third-order valence-corrected chi connectivity index (χ3v) is 3.16. The largest absolute Gasteiger partial charge is 0.447 e. The second kappa shape index (κ2) is 6.35. The normalized spacial score (nSPS) is 14.6. The van der Waals surface area contributed by atoms with Crippen LogP contribution in [0, 0.1) is 0 Å². The molecule has 2 N–H and O–H groups in total. The van der Waals surface area contributed by atoms with Crippen LogP contribution in [-0.2, 0) is 4.74 Å². The Labute approximate surface area is 127 Å². The highest BCUT2D eigenvalue weighted by molar-refractivity contribution is 5.60. The molecule has 1 aliphatic heterocycles. The molecule has 3 heterocycles. The van der Waals surface area contributed by atoms with Crippen LogP contribution in [0.5, 0.6) is 5.88 Å². The summed E-state index contributed by atoms with van der Waals surface area (Å²) in [4.78, 5) is 19.0. The number of anilines is 2. The van der Waals surface area contributed by atoms with Crippen LogP contribution < -0.4 is 15.4 Å². The lowest BCUT2D eigenvalue weighted by Crippen LogP contribution is -2.37. The molecule has 0 unspecified atom stereocenters. The van der Waals surface area contributed by atoms with Gasteiger partial charge in [-0.2, -0.15) is 4.98 Å². The number of rotatable bonds is 4. The van der Waals surface area contributed by atoms with E-state index >= 15 is 0 Å². The highest BCUT2D eigenvalue weighted by Gasteiger charge is 2.17. The predicted molar refractivity (Wildman–Crippen MR) is 81.3 cm³/mol. The van der Waals surface area contributed by atoms with Crippen molar-refractivity contribution in [3.63, 3.8) is 0 Å². The molecule has 1 aliphatic rings. The van der Waals surface area contributed by atoms with E-state index in [1.54, 1.807) is 18.5 Å². The summed E-state index contributed by atoms with van der Waals surface area (Å²) < 4.78 is 10.7. The Morgan fingerprint density at radius 1 is 1.23 bits per heavy atom. The number of nitrogens with zero attached hydrogens (tertiary/aromatic N) is 5. The Bertz CT molecular complexity index is 655. The van der Waals surface area contributed by atoms with Gasteiger partial charge in [-0.1, -0.05) is 6.58 Å². The maximum absolute atomic E-state index is 5.51. The van der Waals surface area contributed by atoms with E-state index in [0.717, 1.165) is 18.7 Å². The number of nitrogens with two attached hydrogens (primary N) is 1. The smallest absolute Gasteiger partial charge is 0.229 e. The summed E-state index contributed by atoms with van der Waals surface area (Å²) in [7, 11) is 0. The van der Waals surface area contributed by atoms with Crippen LogP contribution in [0.3, 0.4) is 0 Å². The lowest BCUT2D eigenvalue weighted by molar-refractivity contribution is 0.122. The van der Waals surface area contributed by atoms with Gasteiger partial charge >= 0.3 is 0 Å². The van der Waals surface area contributed by atoms with Crippen LogP contribution in [0.25, 0.3) is 11.3 Å². The number of morpholine rings is 1. The zero-order chi connectivity index (χ0) is 15.4. The molecule has 0 radical (unpaired) electrons. The summed E-state index contributed by atoms with van der Waals surface area (Å²) in [6.45, 7) is 6.32. The maximum Gasteiger partial charge on any atom is 0.229 e. The van der Waals surface area contributed by atoms with Crippen LogP contribution in [0.1, 0.15) is 0 Å². The molecule has 8 nitrogen and oxygen atoms in total. The summed E-state index contributed by atoms with van der Waals surface area (Å²) in [6, 6.07) is 1.71. The average Bonchev–Trinajstić information content (AvgIpc) is 2.56. The number of hydrogen-bond donors (Lipinski definition) is 1. The Morgan fingerprint density at radius 3 is 2.64 bits per heavy atom. The number of nitrogen functional groups attached to an aromatic ring is 1. The highest BCUT2D eigenvalue weighted by Crippen LogP contribution is 2.24. The van der Waals surface area contributed by atoms with Gasteiger partial charge in [-0.05, 0) is 0 Å². The van der Waals surface area contributed by atoms with Gasteiger partial charge in [-0.3, -0.25) is 0 Å². The Balaban J connectivity index is 1.99. The van der Waals surface area contributed by atoms with Gasteiger partial charge in [0.05, 0.1) is 25.2 Å². The Hall–Kier alpha value is -2.74. The van der Waals surface area contributed by atoms with Crippen LogP contribution in [0.2, 0.25) is 0 Å². The first-order chi connectivity index (χ1) is 10.8. The molecule has 2 aromatic heterocycles. The summed E-state index contributed by atoms with van der Waals surface area (Å²) in [5.74, 6) is 1.21. The van der Waals surface area contributed by atoms with Crippen molar-refractivity contribution in [1.82, 2.24) is 19.9 Å². The third-order valence-electron chi connectivity index (χ3n) is 3.16. The maximum atomic E-state index is 5.51. The van der Waals surface area contributed by atoms with Gasteiger partial charge in [0.2, 0.25) is 17.8 Å². The van der Waals surface area contributed by atoms with E-state index in [0.29, 0.717) is 30.7 Å². The number of aromatic nitrogens is 4. The minimum absolute atomic E-state index is 0.216. The first-order valence-electron chi connectivity index (χ1n) is 6.83. The first-order valence-corrected chi connectivity index (χ1v) is 6.83. The standard InChI is InChI=1S/C14H16N6O2/c1-2-22-12-7-11(10-8-16-13(15)17-9-10)18-14(19-12)20-3-5-21-6-4-20/h2,7-9H,1,3-6H2,(H2,15,16,17). The van der Waals surface area contributed by atoms with Crippen molar-refractivity contribution in [3.05, 3.63) is 31.3 Å². The molecule has 0 aliphatic carbocycles. The summed E-state index contributed by atoms with van der Waals surface area (Å²) in [5, 5.41) is 0. The Kier molecular flexibility index (Phi) is 4.10. The van der Waals surface area contributed by atoms with E-state index in [1.807, 2.05) is 4.90 Å². The van der Waals surface area contributed by atoms with E-state index < -0.39 is 0 Å². The highest BCUT2D eigenvalue weighted by atomic mass is 16.5. The molecule has 1 fully saturated rings. The van der Waals surface area contributed by atoms with Crippen molar-refractivity contribution in [3.8, 4) is 17.1 Å². The van der Waals surface area contributed by atoms with Gasteiger partial charge in [0.15, 0.2) is 0 Å². The SMILES string of the molecule is C=COc1cc(-c2cnc(N)nc2)nc(N2CCOCC2)n1. The van der Waals surface area contributed by atoms with Crippen molar-refractivity contribution in [1.29, 1.82) is 0 Å². The molecule has 3 rings (SSSR count). The quantitative estimate of drug-likeness (QED) is 0.830. The zero-order valence-electron chi connectivity index (χ0n) is 12.0. The monoisotopic (exact) mass is 300 g/mol. The fraction of sp³-hybridized carbons (Fsp3) is 0.286. The molecule has 1 saturated heterocycles. The van der Waals surface area contributed by atoms with Crippen LogP contribution in [-0.4, -0.2) is 46.2 Å². The van der Waals surface area contributed by atoms with E-state index in [1.165, 1.54) is 6.26 Å². The van der Waals surface area contributed by atoms with Crippen LogP contribution in [0.15, 0.2) is 31.3 Å². The van der Waals surface area contributed by atoms with E-state index in [-0.39, 0.29) is 5.95 Å². The molecule has 0 saturated carbocycles.